The highest BCUT2D eigenvalue weighted by Gasteiger charge is 2.39. The quantitative estimate of drug-likeness (QED) is 0.449. The van der Waals surface area contributed by atoms with E-state index in [1.165, 1.54) is 0 Å². The first-order chi connectivity index (χ1) is 8.54. The zero-order valence-corrected chi connectivity index (χ0v) is 10.6. The number of aryl methyl sites for hydroxylation is 1. The van der Waals surface area contributed by atoms with Crippen LogP contribution in [0.1, 0.15) is 12.5 Å². The van der Waals surface area contributed by atoms with Crippen molar-refractivity contribution in [2.75, 3.05) is 18.6 Å². The molecule has 1 aliphatic heterocycles. The minimum Gasteiger partial charge on any atom is -0.464 e. The number of hydrogen-bond donors (Lipinski definition) is 0. The van der Waals surface area contributed by atoms with Crippen molar-refractivity contribution in [2.24, 2.45) is 0 Å². The van der Waals surface area contributed by atoms with Crippen molar-refractivity contribution in [1.82, 2.24) is 0 Å². The fraction of sp³-hybridized carbons (Fsp3) is 0.385. The van der Waals surface area contributed by atoms with Crippen LogP contribution in [0.15, 0.2) is 18.2 Å². The van der Waals surface area contributed by atoms with Crippen molar-refractivity contribution in [2.45, 2.75) is 19.9 Å². The summed E-state index contributed by atoms with van der Waals surface area (Å²) < 4.78 is 10.0. The minimum atomic E-state index is -1.03. The molecule has 0 radical (unpaired) electrons. The summed E-state index contributed by atoms with van der Waals surface area (Å²) in [6.45, 7) is 3.87. The van der Waals surface area contributed by atoms with Gasteiger partial charge >= 0.3 is 11.9 Å². The van der Waals surface area contributed by atoms with E-state index in [-0.39, 0.29) is 6.61 Å². The second kappa shape index (κ2) is 4.68. The van der Waals surface area contributed by atoms with Crippen LogP contribution in [0.4, 0.5) is 5.69 Å². The number of carbonyl (C=O) groups excluding carboxylic acids is 2. The van der Waals surface area contributed by atoms with E-state index in [1.807, 2.05) is 19.1 Å². The van der Waals surface area contributed by atoms with Gasteiger partial charge in [0.25, 0.3) is 0 Å². The van der Waals surface area contributed by atoms with Gasteiger partial charge in [-0.3, -0.25) is 0 Å². The number of nitrogens with zero attached hydrogens (tertiary/aromatic N) is 1. The summed E-state index contributed by atoms with van der Waals surface area (Å²) in [5.74, 6) is -0.724. The van der Waals surface area contributed by atoms with Crippen LogP contribution in [0, 0.1) is 6.92 Å². The van der Waals surface area contributed by atoms with E-state index in [4.69, 9.17) is 9.47 Å². The lowest BCUT2D eigenvalue weighted by Gasteiger charge is -2.32. The Bertz CT molecular complexity index is 498. The molecule has 0 fully saturated rings. The third-order valence-corrected chi connectivity index (χ3v) is 2.83. The third kappa shape index (κ3) is 2.03. The predicted octanol–water partition coefficient (Wildman–Crippen LogP) is 1.28. The molecular formula is C13H15NO4. The molecule has 0 aliphatic carbocycles. The van der Waals surface area contributed by atoms with Crippen LogP contribution < -0.4 is 9.64 Å². The van der Waals surface area contributed by atoms with Crippen molar-refractivity contribution in [3.63, 3.8) is 0 Å². The van der Waals surface area contributed by atoms with Crippen molar-refractivity contribution in [3.8, 4) is 5.75 Å². The van der Waals surface area contributed by atoms with Crippen LogP contribution in [0.3, 0.4) is 0 Å². The highest BCUT2D eigenvalue weighted by atomic mass is 16.6. The molecule has 0 spiro atoms. The maximum atomic E-state index is 11.8. The van der Waals surface area contributed by atoms with Crippen LogP contribution in [-0.2, 0) is 14.3 Å². The first-order valence-electron chi connectivity index (χ1n) is 5.76. The molecule has 1 aliphatic rings. The monoisotopic (exact) mass is 249 g/mol. The van der Waals surface area contributed by atoms with Gasteiger partial charge in [0.2, 0.25) is 6.04 Å². The number of likely N-dealkylation sites (N-methyl/N-ethyl adjacent to an activating group) is 1. The Labute approximate surface area is 105 Å². The van der Waals surface area contributed by atoms with E-state index in [1.54, 1.807) is 24.9 Å². The van der Waals surface area contributed by atoms with E-state index < -0.39 is 18.0 Å². The SMILES string of the molecule is CCOC(=O)C1C(=O)Oc2ccc(C)cc2N1C. The van der Waals surface area contributed by atoms with Gasteiger partial charge < -0.3 is 14.4 Å². The molecule has 0 aromatic heterocycles. The Morgan fingerprint density at radius 3 is 2.89 bits per heavy atom. The Hall–Kier alpha value is -2.04. The zero-order valence-electron chi connectivity index (χ0n) is 10.6. The lowest BCUT2D eigenvalue weighted by molar-refractivity contribution is -0.152. The lowest BCUT2D eigenvalue weighted by Crippen LogP contribution is -2.50. The van der Waals surface area contributed by atoms with Crippen molar-refractivity contribution in [3.05, 3.63) is 23.8 Å². The van der Waals surface area contributed by atoms with Crippen LogP contribution in [0.25, 0.3) is 0 Å². The van der Waals surface area contributed by atoms with E-state index in [0.717, 1.165) is 5.56 Å². The van der Waals surface area contributed by atoms with Crippen LogP contribution in [0.2, 0.25) is 0 Å². The van der Waals surface area contributed by atoms with E-state index in [2.05, 4.69) is 0 Å². The minimum absolute atomic E-state index is 0.233. The number of fused-ring (bicyclic) bond motifs is 1. The van der Waals surface area contributed by atoms with Gasteiger partial charge in [-0.05, 0) is 31.5 Å². The summed E-state index contributed by atoms with van der Waals surface area (Å²) in [6, 6.07) is 4.42. The number of anilines is 1. The summed E-state index contributed by atoms with van der Waals surface area (Å²) in [7, 11) is 1.68. The van der Waals surface area contributed by atoms with Gasteiger partial charge in [0.15, 0.2) is 5.75 Å². The maximum absolute atomic E-state index is 11.8. The van der Waals surface area contributed by atoms with Gasteiger partial charge in [-0.25, -0.2) is 9.59 Å². The van der Waals surface area contributed by atoms with Crippen molar-refractivity contribution in [1.29, 1.82) is 0 Å². The summed E-state index contributed by atoms with van der Waals surface area (Å²) in [4.78, 5) is 25.1. The van der Waals surface area contributed by atoms with Gasteiger partial charge in [-0.15, -0.1) is 0 Å². The average Bonchev–Trinajstić information content (AvgIpc) is 2.31. The predicted molar refractivity (Wildman–Crippen MR) is 65.6 cm³/mol. The molecule has 96 valence electrons. The molecule has 5 heteroatoms. The van der Waals surface area contributed by atoms with E-state index in [0.29, 0.717) is 11.4 Å². The molecule has 1 atom stereocenters. The number of ether oxygens (including phenoxy) is 2. The van der Waals surface area contributed by atoms with Gasteiger partial charge in [0.05, 0.1) is 12.3 Å². The molecule has 1 aromatic rings. The molecule has 1 aromatic carbocycles. The fourth-order valence-corrected chi connectivity index (χ4v) is 1.93. The smallest absolute Gasteiger partial charge is 0.346 e. The van der Waals surface area contributed by atoms with Gasteiger partial charge in [0, 0.05) is 7.05 Å². The summed E-state index contributed by atoms with van der Waals surface area (Å²) in [5.41, 5.74) is 1.74. The number of benzene rings is 1. The van der Waals surface area contributed by atoms with Crippen LogP contribution in [-0.4, -0.2) is 31.6 Å². The number of rotatable bonds is 2. The first kappa shape index (κ1) is 12.4. The standard InChI is InChI=1S/C13H15NO4/c1-4-17-12(15)11-13(16)18-10-6-5-8(2)7-9(10)14(11)3/h5-7,11H,4H2,1-3H3. The van der Waals surface area contributed by atoms with E-state index >= 15 is 0 Å². The largest absolute Gasteiger partial charge is 0.464 e. The fourth-order valence-electron chi connectivity index (χ4n) is 1.93. The molecule has 18 heavy (non-hydrogen) atoms. The summed E-state index contributed by atoms with van der Waals surface area (Å²) >= 11 is 0. The highest BCUT2D eigenvalue weighted by Crippen LogP contribution is 2.34. The van der Waals surface area contributed by atoms with Gasteiger partial charge in [0.1, 0.15) is 0 Å². The second-order valence-electron chi connectivity index (χ2n) is 4.16. The number of esters is 2. The molecule has 0 amide bonds. The van der Waals surface area contributed by atoms with Gasteiger partial charge in [-0.2, -0.15) is 0 Å². The molecule has 2 rings (SSSR count). The Morgan fingerprint density at radius 1 is 1.50 bits per heavy atom. The summed E-state index contributed by atoms with van der Waals surface area (Å²) in [6.07, 6.45) is 0. The Kier molecular flexibility index (Phi) is 3.23. The molecule has 0 bridgehead atoms. The first-order valence-corrected chi connectivity index (χ1v) is 5.76. The van der Waals surface area contributed by atoms with Crippen molar-refractivity contribution < 1.29 is 19.1 Å². The molecule has 1 unspecified atom stereocenters. The normalized spacial score (nSPS) is 18.1. The lowest BCUT2D eigenvalue weighted by atomic mass is 10.1. The molecular weight excluding hydrogens is 234 g/mol. The Balaban J connectivity index is 2.37. The van der Waals surface area contributed by atoms with Gasteiger partial charge in [-0.1, -0.05) is 6.07 Å². The zero-order chi connectivity index (χ0) is 13.3. The molecule has 0 saturated heterocycles. The molecule has 0 N–H and O–H groups in total. The summed E-state index contributed by atoms with van der Waals surface area (Å²) in [5, 5.41) is 0. The highest BCUT2D eigenvalue weighted by molar-refractivity contribution is 6.05. The number of hydrogen-bond acceptors (Lipinski definition) is 5. The molecule has 1 heterocycles. The third-order valence-electron chi connectivity index (χ3n) is 2.83. The average molecular weight is 249 g/mol. The number of carbonyl (C=O) groups is 2. The topological polar surface area (TPSA) is 55.8 Å². The van der Waals surface area contributed by atoms with Crippen molar-refractivity contribution >= 4 is 17.6 Å². The van der Waals surface area contributed by atoms with Crippen LogP contribution in [0.5, 0.6) is 5.75 Å². The second-order valence-corrected chi connectivity index (χ2v) is 4.16. The Morgan fingerprint density at radius 2 is 2.22 bits per heavy atom. The van der Waals surface area contributed by atoms with E-state index in [9.17, 15) is 9.59 Å². The molecule has 5 nitrogen and oxygen atoms in total. The molecule has 0 saturated carbocycles. The maximum Gasteiger partial charge on any atom is 0.346 e. The van der Waals surface area contributed by atoms with Crippen LogP contribution >= 0.6 is 0 Å².